The van der Waals surface area contributed by atoms with Crippen LogP contribution in [0.25, 0.3) is 0 Å². The van der Waals surface area contributed by atoms with Crippen LogP contribution in [-0.4, -0.2) is 33.4 Å². The summed E-state index contributed by atoms with van der Waals surface area (Å²) in [5.74, 6) is 1.80. The molecule has 1 fully saturated rings. The van der Waals surface area contributed by atoms with Crippen molar-refractivity contribution in [1.82, 2.24) is 20.4 Å². The Bertz CT molecular complexity index is 346. The lowest BCUT2D eigenvalue weighted by atomic mass is 10.3. The number of thioether (sulfide) groups is 1. The van der Waals surface area contributed by atoms with Crippen molar-refractivity contribution in [2.45, 2.75) is 12.6 Å². The largest absolute Gasteiger partial charge is 0.351 e. The van der Waals surface area contributed by atoms with Crippen LogP contribution in [0, 0.1) is 0 Å². The molecule has 0 saturated carbocycles. The average Bonchev–Trinajstić information content (AvgIpc) is 2.84. The standard InChI is InChI=1S/C9H14N4OS/c1-13-4-7(3-12-13)2-10-9(14)8-5-15-6-11-8/h3-4,8,11H,2,5-6H2,1H3,(H,10,14)/t8-/m1/s1. The quantitative estimate of drug-likeness (QED) is 0.743. The number of amides is 1. The molecule has 5 nitrogen and oxygen atoms in total. The van der Waals surface area contributed by atoms with Gasteiger partial charge < -0.3 is 5.32 Å². The van der Waals surface area contributed by atoms with E-state index in [1.54, 1.807) is 22.6 Å². The van der Waals surface area contributed by atoms with Gasteiger partial charge in [0, 0.05) is 37.0 Å². The lowest BCUT2D eigenvalue weighted by Crippen LogP contribution is -2.41. The highest BCUT2D eigenvalue weighted by atomic mass is 32.2. The Morgan fingerprint density at radius 1 is 1.87 bits per heavy atom. The molecule has 15 heavy (non-hydrogen) atoms. The van der Waals surface area contributed by atoms with Crippen molar-refractivity contribution >= 4 is 17.7 Å². The van der Waals surface area contributed by atoms with E-state index in [4.69, 9.17) is 0 Å². The molecule has 2 rings (SSSR count). The van der Waals surface area contributed by atoms with Crippen LogP contribution in [0.4, 0.5) is 0 Å². The summed E-state index contributed by atoms with van der Waals surface area (Å²) in [4.78, 5) is 11.6. The van der Waals surface area contributed by atoms with Crippen LogP contribution in [-0.2, 0) is 18.4 Å². The first-order valence-corrected chi connectivity index (χ1v) is 5.97. The van der Waals surface area contributed by atoms with Gasteiger partial charge in [0.2, 0.25) is 5.91 Å². The second kappa shape index (κ2) is 4.67. The molecule has 1 aromatic heterocycles. The molecular formula is C9H14N4OS. The monoisotopic (exact) mass is 226 g/mol. The van der Waals surface area contributed by atoms with E-state index in [2.05, 4.69) is 15.7 Å². The highest BCUT2D eigenvalue weighted by Crippen LogP contribution is 2.09. The highest BCUT2D eigenvalue weighted by molar-refractivity contribution is 7.99. The molecule has 0 aliphatic carbocycles. The number of carbonyl (C=O) groups excluding carboxylic acids is 1. The van der Waals surface area contributed by atoms with Crippen LogP contribution < -0.4 is 10.6 Å². The van der Waals surface area contributed by atoms with E-state index < -0.39 is 0 Å². The van der Waals surface area contributed by atoms with E-state index >= 15 is 0 Å². The Labute approximate surface area is 92.6 Å². The third kappa shape index (κ3) is 2.73. The Hall–Kier alpha value is -1.01. The SMILES string of the molecule is Cn1cc(CNC(=O)[C@H]2CSCN2)cn1. The maximum Gasteiger partial charge on any atom is 0.238 e. The van der Waals surface area contributed by atoms with E-state index in [0.29, 0.717) is 6.54 Å². The van der Waals surface area contributed by atoms with Gasteiger partial charge in [-0.15, -0.1) is 11.8 Å². The molecule has 2 N–H and O–H groups in total. The number of nitrogens with one attached hydrogen (secondary N) is 2. The smallest absolute Gasteiger partial charge is 0.238 e. The molecule has 1 amide bonds. The van der Waals surface area contributed by atoms with E-state index in [-0.39, 0.29) is 11.9 Å². The summed E-state index contributed by atoms with van der Waals surface area (Å²) < 4.78 is 1.73. The van der Waals surface area contributed by atoms with E-state index in [1.165, 1.54) is 0 Å². The van der Waals surface area contributed by atoms with Gasteiger partial charge in [-0.3, -0.25) is 14.8 Å². The van der Waals surface area contributed by atoms with Gasteiger partial charge in [-0.2, -0.15) is 5.10 Å². The lowest BCUT2D eigenvalue weighted by Gasteiger charge is -2.09. The zero-order valence-electron chi connectivity index (χ0n) is 8.56. The van der Waals surface area contributed by atoms with Gasteiger partial charge in [-0.1, -0.05) is 0 Å². The molecule has 0 aromatic carbocycles. The molecule has 82 valence electrons. The Kier molecular flexibility index (Phi) is 3.27. The Balaban J connectivity index is 1.80. The van der Waals surface area contributed by atoms with E-state index in [0.717, 1.165) is 17.2 Å². The molecular weight excluding hydrogens is 212 g/mol. The van der Waals surface area contributed by atoms with Crippen molar-refractivity contribution in [2.75, 3.05) is 11.6 Å². The topological polar surface area (TPSA) is 59.0 Å². The minimum Gasteiger partial charge on any atom is -0.351 e. The van der Waals surface area contributed by atoms with Crippen LogP contribution in [0.15, 0.2) is 12.4 Å². The van der Waals surface area contributed by atoms with Gasteiger partial charge in [0.1, 0.15) is 0 Å². The van der Waals surface area contributed by atoms with E-state index in [1.807, 2.05) is 13.2 Å². The van der Waals surface area contributed by atoms with Crippen LogP contribution in [0.3, 0.4) is 0 Å². The first kappa shape index (κ1) is 10.5. The maximum absolute atomic E-state index is 11.6. The fraction of sp³-hybridized carbons (Fsp3) is 0.556. The van der Waals surface area contributed by atoms with Crippen LogP contribution in [0.2, 0.25) is 0 Å². The third-order valence-corrected chi connectivity index (χ3v) is 3.20. The van der Waals surface area contributed by atoms with Crippen molar-refractivity contribution in [3.05, 3.63) is 18.0 Å². The van der Waals surface area contributed by atoms with Crippen LogP contribution in [0.5, 0.6) is 0 Å². The first-order valence-electron chi connectivity index (χ1n) is 4.82. The van der Waals surface area contributed by atoms with Crippen molar-refractivity contribution in [1.29, 1.82) is 0 Å². The first-order chi connectivity index (χ1) is 7.25. The number of hydrogen-bond acceptors (Lipinski definition) is 4. The van der Waals surface area contributed by atoms with Gasteiger partial charge in [0.15, 0.2) is 0 Å². The molecule has 1 aliphatic heterocycles. The molecule has 1 aliphatic rings. The van der Waals surface area contributed by atoms with Crippen molar-refractivity contribution in [3.63, 3.8) is 0 Å². The van der Waals surface area contributed by atoms with Gasteiger partial charge >= 0.3 is 0 Å². The van der Waals surface area contributed by atoms with Crippen LogP contribution >= 0.6 is 11.8 Å². The number of hydrogen-bond donors (Lipinski definition) is 2. The molecule has 1 aromatic rings. The summed E-state index contributed by atoms with van der Waals surface area (Å²) in [7, 11) is 1.86. The molecule has 6 heteroatoms. The van der Waals surface area contributed by atoms with Crippen LogP contribution in [0.1, 0.15) is 5.56 Å². The summed E-state index contributed by atoms with van der Waals surface area (Å²) in [5, 5.41) is 10.1. The second-order valence-corrected chi connectivity index (χ2v) is 4.54. The Morgan fingerprint density at radius 2 is 2.73 bits per heavy atom. The number of aryl methyl sites for hydroxylation is 1. The molecule has 0 bridgehead atoms. The molecule has 1 saturated heterocycles. The average molecular weight is 226 g/mol. The third-order valence-electron chi connectivity index (χ3n) is 2.26. The number of aromatic nitrogens is 2. The van der Waals surface area contributed by atoms with Gasteiger partial charge in [0.25, 0.3) is 0 Å². The molecule has 0 radical (unpaired) electrons. The predicted molar refractivity (Wildman–Crippen MR) is 59.3 cm³/mol. The molecule has 1 atom stereocenters. The normalized spacial score (nSPS) is 20.5. The molecule has 0 unspecified atom stereocenters. The zero-order valence-corrected chi connectivity index (χ0v) is 9.38. The summed E-state index contributed by atoms with van der Waals surface area (Å²) in [6.07, 6.45) is 3.66. The number of rotatable bonds is 3. The second-order valence-electron chi connectivity index (χ2n) is 3.51. The van der Waals surface area contributed by atoms with E-state index in [9.17, 15) is 4.79 Å². The van der Waals surface area contributed by atoms with Crippen molar-refractivity contribution in [2.24, 2.45) is 7.05 Å². The summed E-state index contributed by atoms with van der Waals surface area (Å²) in [6.45, 7) is 0.551. The highest BCUT2D eigenvalue weighted by Gasteiger charge is 2.21. The maximum atomic E-state index is 11.6. The van der Waals surface area contributed by atoms with Crippen molar-refractivity contribution < 1.29 is 4.79 Å². The fourth-order valence-electron chi connectivity index (χ4n) is 1.44. The number of nitrogens with zero attached hydrogens (tertiary/aromatic N) is 2. The fourth-order valence-corrected chi connectivity index (χ4v) is 2.38. The molecule has 0 spiro atoms. The van der Waals surface area contributed by atoms with Gasteiger partial charge in [0.05, 0.1) is 12.2 Å². The van der Waals surface area contributed by atoms with Gasteiger partial charge in [-0.05, 0) is 0 Å². The lowest BCUT2D eigenvalue weighted by molar-refractivity contribution is -0.122. The number of carbonyl (C=O) groups is 1. The summed E-state index contributed by atoms with van der Waals surface area (Å²) in [6, 6.07) is -0.0355. The summed E-state index contributed by atoms with van der Waals surface area (Å²) in [5.41, 5.74) is 1.02. The predicted octanol–water partition coefficient (Wildman–Crippen LogP) is -0.301. The zero-order chi connectivity index (χ0) is 10.7. The van der Waals surface area contributed by atoms with Crippen molar-refractivity contribution in [3.8, 4) is 0 Å². The Morgan fingerprint density at radius 3 is 3.33 bits per heavy atom. The molecule has 2 heterocycles. The minimum atomic E-state index is -0.0355. The summed E-state index contributed by atoms with van der Waals surface area (Å²) >= 11 is 1.75. The minimum absolute atomic E-state index is 0.0355. The van der Waals surface area contributed by atoms with Gasteiger partial charge in [-0.25, -0.2) is 0 Å².